The molecule has 0 radical (unpaired) electrons. The second kappa shape index (κ2) is 13.0. The second-order valence-electron chi connectivity index (χ2n) is 11.1. The summed E-state index contributed by atoms with van der Waals surface area (Å²) in [6, 6.07) is 44.1. The third kappa shape index (κ3) is 7.32. The molecule has 5 heteroatoms. The van der Waals surface area contributed by atoms with Crippen LogP contribution in [0.2, 0.25) is 0 Å². The minimum Gasteiger partial charge on any atom is -0.489 e. The summed E-state index contributed by atoms with van der Waals surface area (Å²) in [5, 5.41) is 4.17. The lowest BCUT2D eigenvalue weighted by Gasteiger charge is -2.25. The lowest BCUT2D eigenvalue weighted by molar-refractivity contribution is 0.0955. The maximum atomic E-state index is 12.6. The van der Waals surface area contributed by atoms with Gasteiger partial charge in [0.15, 0.2) is 0 Å². The quantitative estimate of drug-likeness (QED) is 0.147. The highest BCUT2D eigenvalue weighted by molar-refractivity contribution is 5.95. The summed E-state index contributed by atoms with van der Waals surface area (Å²) >= 11 is 0. The number of nitrogens with zero attached hydrogens (tertiary/aromatic N) is 2. The number of carbonyl (C=O) groups is 1. The molecule has 42 heavy (non-hydrogen) atoms. The third-order valence-electron chi connectivity index (χ3n) is 6.90. The fraction of sp³-hybridized carbons (Fsp3) is 0.135. The van der Waals surface area contributed by atoms with E-state index in [9.17, 15) is 4.79 Å². The van der Waals surface area contributed by atoms with Crippen LogP contribution in [0.4, 0.5) is 17.1 Å². The summed E-state index contributed by atoms with van der Waals surface area (Å²) in [6.07, 6.45) is 1.64. The van der Waals surface area contributed by atoms with Gasteiger partial charge >= 0.3 is 0 Å². The smallest absolute Gasteiger partial charge is 0.271 e. The molecule has 0 aliphatic carbocycles. The standard InChI is InChI=1S/C37H35N3O2/c1-37(2,3)31-20-24-35(25-21-31)42-27-29-14-18-30(19-15-29)36(41)39-38-26-28-16-22-34(23-17-28)40(32-10-6-4-7-11-32)33-12-8-5-9-13-33/h4-26H,27H2,1-3H3,(H,39,41). The molecule has 5 aromatic rings. The van der Waals surface area contributed by atoms with Crippen molar-refractivity contribution in [3.05, 3.63) is 156 Å². The zero-order valence-electron chi connectivity index (χ0n) is 24.2. The monoisotopic (exact) mass is 553 g/mol. The highest BCUT2D eigenvalue weighted by atomic mass is 16.5. The Hall–Kier alpha value is -5.16. The first-order valence-corrected chi connectivity index (χ1v) is 14.0. The number of carbonyl (C=O) groups excluding carboxylic acids is 1. The number of benzene rings is 5. The van der Waals surface area contributed by atoms with Crippen LogP contribution in [-0.2, 0) is 12.0 Å². The van der Waals surface area contributed by atoms with Crippen molar-refractivity contribution < 1.29 is 9.53 Å². The van der Waals surface area contributed by atoms with Crippen LogP contribution in [0.3, 0.4) is 0 Å². The topological polar surface area (TPSA) is 53.9 Å². The molecule has 5 nitrogen and oxygen atoms in total. The van der Waals surface area contributed by atoms with Crippen molar-refractivity contribution in [1.82, 2.24) is 5.43 Å². The second-order valence-corrected chi connectivity index (χ2v) is 11.1. The summed E-state index contributed by atoms with van der Waals surface area (Å²) in [7, 11) is 0. The van der Waals surface area contributed by atoms with Crippen LogP contribution in [0.15, 0.2) is 139 Å². The van der Waals surface area contributed by atoms with Crippen molar-refractivity contribution in [3.8, 4) is 5.75 Å². The molecule has 0 bridgehead atoms. The minimum absolute atomic E-state index is 0.108. The molecule has 210 valence electrons. The van der Waals surface area contributed by atoms with Crippen molar-refractivity contribution >= 4 is 29.2 Å². The zero-order chi connectivity index (χ0) is 29.4. The summed E-state index contributed by atoms with van der Waals surface area (Å²) in [4.78, 5) is 14.8. The van der Waals surface area contributed by atoms with Crippen LogP contribution >= 0.6 is 0 Å². The van der Waals surface area contributed by atoms with Gasteiger partial charge in [-0.25, -0.2) is 5.43 Å². The van der Waals surface area contributed by atoms with Crippen LogP contribution in [0.5, 0.6) is 5.75 Å². The molecule has 0 fully saturated rings. The Labute approximate surface area is 248 Å². The van der Waals surface area contributed by atoms with Crippen LogP contribution in [0.1, 0.15) is 47.8 Å². The van der Waals surface area contributed by atoms with Crippen LogP contribution in [0.25, 0.3) is 0 Å². The van der Waals surface area contributed by atoms with Gasteiger partial charge in [-0.2, -0.15) is 5.10 Å². The van der Waals surface area contributed by atoms with Gasteiger partial charge in [0.1, 0.15) is 12.4 Å². The number of hydrogen-bond acceptors (Lipinski definition) is 4. The van der Waals surface area contributed by atoms with Crippen LogP contribution in [-0.4, -0.2) is 12.1 Å². The Balaban J connectivity index is 1.16. The number of anilines is 3. The van der Waals surface area contributed by atoms with Crippen molar-refractivity contribution in [1.29, 1.82) is 0 Å². The van der Waals surface area contributed by atoms with E-state index in [1.165, 1.54) is 5.56 Å². The van der Waals surface area contributed by atoms with Crippen molar-refractivity contribution in [3.63, 3.8) is 0 Å². The number of hydrogen-bond donors (Lipinski definition) is 1. The number of para-hydroxylation sites is 2. The Morgan fingerprint density at radius 2 is 1.26 bits per heavy atom. The maximum Gasteiger partial charge on any atom is 0.271 e. The van der Waals surface area contributed by atoms with E-state index in [4.69, 9.17) is 4.74 Å². The summed E-state index contributed by atoms with van der Waals surface area (Å²) < 4.78 is 5.92. The van der Waals surface area contributed by atoms with E-state index >= 15 is 0 Å². The molecule has 0 aromatic heterocycles. The predicted molar refractivity (Wildman–Crippen MR) is 172 cm³/mol. The number of nitrogens with one attached hydrogen (secondary N) is 1. The molecule has 0 atom stereocenters. The summed E-state index contributed by atoms with van der Waals surface area (Å²) in [5.74, 6) is 0.549. The van der Waals surface area contributed by atoms with E-state index in [-0.39, 0.29) is 11.3 Å². The molecule has 0 heterocycles. The number of amides is 1. The average molecular weight is 554 g/mol. The number of hydrazone groups is 1. The lowest BCUT2D eigenvalue weighted by atomic mass is 9.87. The molecule has 5 aromatic carbocycles. The predicted octanol–water partition coefficient (Wildman–Crippen LogP) is 8.80. The van der Waals surface area contributed by atoms with Gasteiger partial charge in [-0.05, 0) is 82.8 Å². The summed E-state index contributed by atoms with van der Waals surface area (Å²) in [5.41, 5.74) is 9.56. The molecule has 0 saturated carbocycles. The maximum absolute atomic E-state index is 12.6. The fourth-order valence-electron chi connectivity index (χ4n) is 4.51. The van der Waals surface area contributed by atoms with Crippen molar-refractivity contribution in [2.45, 2.75) is 32.8 Å². The van der Waals surface area contributed by atoms with Crippen molar-refractivity contribution in [2.75, 3.05) is 4.90 Å². The van der Waals surface area contributed by atoms with E-state index in [1.807, 2.05) is 84.9 Å². The summed E-state index contributed by atoms with van der Waals surface area (Å²) in [6.45, 7) is 7.00. The molecule has 1 N–H and O–H groups in total. The van der Waals surface area contributed by atoms with E-state index in [1.54, 1.807) is 18.3 Å². The first-order chi connectivity index (χ1) is 20.4. The van der Waals surface area contributed by atoms with Crippen molar-refractivity contribution in [2.24, 2.45) is 5.10 Å². The Morgan fingerprint density at radius 3 is 1.81 bits per heavy atom. The SMILES string of the molecule is CC(C)(C)c1ccc(OCc2ccc(C(=O)NN=Cc3ccc(N(c4ccccc4)c4ccccc4)cc3)cc2)cc1. The normalized spacial score (nSPS) is 11.3. The average Bonchev–Trinajstić information content (AvgIpc) is 3.02. The van der Waals surface area contributed by atoms with E-state index in [2.05, 4.69) is 72.6 Å². The van der Waals surface area contributed by atoms with E-state index in [0.29, 0.717) is 12.2 Å². The van der Waals surface area contributed by atoms with E-state index < -0.39 is 0 Å². The largest absolute Gasteiger partial charge is 0.489 e. The molecule has 0 aliphatic rings. The third-order valence-corrected chi connectivity index (χ3v) is 6.90. The molecule has 5 rings (SSSR count). The first kappa shape index (κ1) is 28.4. The Kier molecular flexibility index (Phi) is 8.78. The molecule has 1 amide bonds. The van der Waals surface area contributed by atoms with Crippen LogP contribution in [0, 0.1) is 0 Å². The molecule has 0 aliphatic heterocycles. The first-order valence-electron chi connectivity index (χ1n) is 14.0. The lowest BCUT2D eigenvalue weighted by Crippen LogP contribution is -2.17. The van der Waals surface area contributed by atoms with Gasteiger partial charge in [-0.15, -0.1) is 0 Å². The van der Waals surface area contributed by atoms with Gasteiger partial charge in [0, 0.05) is 22.6 Å². The van der Waals surface area contributed by atoms with Gasteiger partial charge in [0.25, 0.3) is 5.91 Å². The number of rotatable bonds is 9. The molecular weight excluding hydrogens is 518 g/mol. The highest BCUT2D eigenvalue weighted by Gasteiger charge is 2.13. The van der Waals surface area contributed by atoms with Gasteiger partial charge < -0.3 is 9.64 Å². The van der Waals surface area contributed by atoms with Crippen LogP contribution < -0.4 is 15.1 Å². The highest BCUT2D eigenvalue weighted by Crippen LogP contribution is 2.34. The molecule has 0 unspecified atom stereocenters. The zero-order valence-corrected chi connectivity index (χ0v) is 24.2. The van der Waals surface area contributed by atoms with Gasteiger partial charge in [-0.1, -0.05) is 93.6 Å². The number of ether oxygens (including phenoxy) is 1. The van der Waals surface area contributed by atoms with Gasteiger partial charge in [0.05, 0.1) is 6.21 Å². The minimum atomic E-state index is -0.271. The molecular formula is C37H35N3O2. The molecule has 0 spiro atoms. The van der Waals surface area contributed by atoms with E-state index in [0.717, 1.165) is 33.9 Å². The van der Waals surface area contributed by atoms with Gasteiger partial charge in [-0.3, -0.25) is 4.79 Å². The molecule has 0 saturated heterocycles. The Morgan fingerprint density at radius 1 is 0.714 bits per heavy atom. The fourth-order valence-corrected chi connectivity index (χ4v) is 4.51. The van der Waals surface area contributed by atoms with Gasteiger partial charge in [0.2, 0.25) is 0 Å². The Bertz CT molecular complexity index is 1570.